The molecule has 0 bridgehead atoms. The Morgan fingerprint density at radius 1 is 0.382 bits per heavy atom. The van der Waals surface area contributed by atoms with Gasteiger partial charge in [-0.2, -0.15) is 0 Å². The Morgan fingerprint density at radius 2 is 1.04 bits per heavy atom. The lowest BCUT2D eigenvalue weighted by atomic mass is 9.93. The van der Waals surface area contributed by atoms with Crippen LogP contribution in [-0.4, -0.2) is 4.57 Å². The minimum absolute atomic E-state index is 0.896. The Morgan fingerprint density at radius 3 is 1.89 bits per heavy atom. The van der Waals surface area contributed by atoms with Gasteiger partial charge in [0, 0.05) is 49.6 Å². The fourth-order valence-corrected chi connectivity index (χ4v) is 8.53. The lowest BCUT2D eigenvalue weighted by Crippen LogP contribution is -2.11. The summed E-state index contributed by atoms with van der Waals surface area (Å²) in [5.74, 6) is 0. The van der Waals surface area contributed by atoms with Crippen molar-refractivity contribution in [3.8, 4) is 27.9 Å². The van der Waals surface area contributed by atoms with Crippen molar-refractivity contribution in [1.82, 2.24) is 4.57 Å². The average Bonchev–Trinajstić information content (AvgIpc) is 3.80. The molecule has 0 atom stereocenters. The summed E-state index contributed by atoms with van der Waals surface area (Å²) in [5, 5.41) is 7.07. The fourth-order valence-electron chi connectivity index (χ4n) is 8.53. The number of benzene rings is 9. The number of aromatic nitrogens is 1. The van der Waals surface area contributed by atoms with E-state index in [2.05, 4.69) is 210 Å². The Balaban J connectivity index is 1.17. The van der Waals surface area contributed by atoms with Gasteiger partial charge in [-0.1, -0.05) is 140 Å². The van der Waals surface area contributed by atoms with Gasteiger partial charge in [0.25, 0.3) is 0 Å². The van der Waals surface area contributed by atoms with E-state index in [0.29, 0.717) is 0 Å². The molecule has 0 spiro atoms. The number of hydrogen-bond donors (Lipinski definition) is 0. The smallest absolute Gasteiger partial charge is 0.136 e. The Labute approximate surface area is 318 Å². The number of anilines is 3. The molecule has 258 valence electrons. The van der Waals surface area contributed by atoms with E-state index in [1.807, 2.05) is 6.07 Å². The van der Waals surface area contributed by atoms with Gasteiger partial charge >= 0.3 is 0 Å². The summed E-state index contributed by atoms with van der Waals surface area (Å²) in [4.78, 5) is 2.42. The van der Waals surface area contributed by atoms with Crippen molar-refractivity contribution in [2.45, 2.75) is 0 Å². The Kier molecular flexibility index (Phi) is 7.17. The lowest BCUT2D eigenvalue weighted by molar-refractivity contribution is 0.669. The second kappa shape index (κ2) is 12.6. The van der Waals surface area contributed by atoms with Crippen molar-refractivity contribution in [3.63, 3.8) is 0 Å². The number of fused-ring (bicyclic) bond motifs is 8. The third-order valence-electron chi connectivity index (χ3n) is 11.0. The molecule has 0 saturated carbocycles. The largest absolute Gasteiger partial charge is 0.456 e. The van der Waals surface area contributed by atoms with Crippen LogP contribution in [0.3, 0.4) is 0 Å². The molecule has 0 aliphatic heterocycles. The minimum Gasteiger partial charge on any atom is -0.456 e. The van der Waals surface area contributed by atoms with Gasteiger partial charge in [0.1, 0.15) is 11.2 Å². The molecule has 2 aromatic heterocycles. The number of nitrogens with zero attached hydrogens (tertiary/aromatic N) is 2. The average molecular weight is 703 g/mol. The SMILES string of the molecule is c1ccc(-c2ccc(N(c3ccc4c(c3)c3ccccc3n4-c3ccccc3)c3ccccc3-c3cccc4ccc5oc6ccccc6c5c34)cc2)cc1. The predicted octanol–water partition coefficient (Wildman–Crippen LogP) is 14.6. The number of furan rings is 1. The van der Waals surface area contributed by atoms with Gasteiger partial charge in [-0.05, 0) is 88.8 Å². The lowest BCUT2D eigenvalue weighted by Gasteiger charge is -2.28. The molecule has 0 aliphatic rings. The van der Waals surface area contributed by atoms with Crippen LogP contribution in [0.25, 0.3) is 82.5 Å². The molecule has 11 aromatic rings. The molecule has 11 rings (SSSR count). The van der Waals surface area contributed by atoms with E-state index in [9.17, 15) is 0 Å². The predicted molar refractivity (Wildman–Crippen MR) is 231 cm³/mol. The normalized spacial score (nSPS) is 11.6. The summed E-state index contributed by atoms with van der Waals surface area (Å²) in [7, 11) is 0. The molecule has 0 aliphatic carbocycles. The topological polar surface area (TPSA) is 21.3 Å². The zero-order valence-electron chi connectivity index (χ0n) is 29.9. The Bertz CT molecular complexity index is 3190. The van der Waals surface area contributed by atoms with Crippen LogP contribution in [0.1, 0.15) is 0 Å². The molecule has 0 amide bonds. The maximum absolute atomic E-state index is 6.41. The van der Waals surface area contributed by atoms with Gasteiger partial charge in [-0.25, -0.2) is 0 Å². The molecule has 0 radical (unpaired) electrons. The highest BCUT2D eigenvalue weighted by Crippen LogP contribution is 2.47. The molecule has 0 fully saturated rings. The number of hydrogen-bond acceptors (Lipinski definition) is 2. The first-order valence-corrected chi connectivity index (χ1v) is 18.8. The maximum atomic E-state index is 6.41. The van der Waals surface area contributed by atoms with Gasteiger partial charge in [-0.3, -0.25) is 0 Å². The van der Waals surface area contributed by atoms with Gasteiger partial charge in [-0.15, -0.1) is 0 Å². The fraction of sp³-hybridized carbons (Fsp3) is 0. The maximum Gasteiger partial charge on any atom is 0.136 e. The molecule has 2 heterocycles. The van der Waals surface area contributed by atoms with Gasteiger partial charge in [0.2, 0.25) is 0 Å². The zero-order chi connectivity index (χ0) is 36.3. The first-order valence-electron chi connectivity index (χ1n) is 18.8. The quantitative estimate of drug-likeness (QED) is 0.172. The van der Waals surface area contributed by atoms with Crippen LogP contribution >= 0.6 is 0 Å². The van der Waals surface area contributed by atoms with Crippen LogP contribution in [-0.2, 0) is 0 Å². The van der Waals surface area contributed by atoms with E-state index in [1.54, 1.807) is 0 Å². The molecule has 3 heteroatoms. The van der Waals surface area contributed by atoms with Crippen molar-refractivity contribution < 1.29 is 4.42 Å². The molecular weight excluding hydrogens is 669 g/mol. The standard InChI is InChI=1S/C52H34N2O/c1-3-14-35(15-4-1)36-26-29-39(30-27-36)53(40-31-32-48-45(34-40)42-20-8-11-24-47(42)54(48)38-17-5-2-6-18-38)46-23-10-7-19-41(46)43-22-13-16-37-28-33-50-52(51(37)43)44-21-9-12-25-49(44)55-50/h1-34H. The summed E-state index contributed by atoms with van der Waals surface area (Å²) < 4.78 is 8.79. The summed E-state index contributed by atoms with van der Waals surface area (Å²) in [6, 6.07) is 74.0. The highest BCUT2D eigenvalue weighted by molar-refractivity contribution is 6.23. The molecule has 0 saturated heterocycles. The summed E-state index contributed by atoms with van der Waals surface area (Å²) in [6.07, 6.45) is 0. The third-order valence-corrected chi connectivity index (χ3v) is 11.0. The molecule has 0 unspecified atom stereocenters. The van der Waals surface area contributed by atoms with Crippen molar-refractivity contribution in [1.29, 1.82) is 0 Å². The third kappa shape index (κ3) is 5.05. The van der Waals surface area contributed by atoms with E-state index in [1.165, 1.54) is 43.7 Å². The van der Waals surface area contributed by atoms with Crippen LogP contribution in [0.15, 0.2) is 211 Å². The van der Waals surface area contributed by atoms with E-state index in [4.69, 9.17) is 4.42 Å². The van der Waals surface area contributed by atoms with E-state index in [0.717, 1.165) is 55.8 Å². The molecule has 9 aromatic carbocycles. The van der Waals surface area contributed by atoms with Crippen LogP contribution in [0.5, 0.6) is 0 Å². The first kappa shape index (κ1) is 31.2. The van der Waals surface area contributed by atoms with E-state index in [-0.39, 0.29) is 0 Å². The monoisotopic (exact) mass is 702 g/mol. The van der Waals surface area contributed by atoms with Gasteiger partial charge in [0.05, 0.1) is 16.7 Å². The van der Waals surface area contributed by atoms with Crippen LogP contribution < -0.4 is 4.90 Å². The van der Waals surface area contributed by atoms with Crippen molar-refractivity contribution >= 4 is 71.6 Å². The van der Waals surface area contributed by atoms with Crippen LogP contribution in [0, 0.1) is 0 Å². The van der Waals surface area contributed by atoms with Crippen LogP contribution in [0.2, 0.25) is 0 Å². The van der Waals surface area contributed by atoms with Crippen LogP contribution in [0.4, 0.5) is 17.1 Å². The molecule has 0 N–H and O–H groups in total. The number of rotatable bonds is 6. The van der Waals surface area contributed by atoms with Gasteiger partial charge in [0.15, 0.2) is 0 Å². The molecule has 55 heavy (non-hydrogen) atoms. The second-order valence-electron chi connectivity index (χ2n) is 14.1. The highest BCUT2D eigenvalue weighted by atomic mass is 16.3. The molecular formula is C52H34N2O. The van der Waals surface area contributed by atoms with Crippen molar-refractivity contribution in [2.75, 3.05) is 4.90 Å². The van der Waals surface area contributed by atoms with Crippen molar-refractivity contribution in [3.05, 3.63) is 206 Å². The summed E-state index contributed by atoms with van der Waals surface area (Å²) in [5.41, 5.74) is 13.3. The number of para-hydroxylation sites is 4. The Hall–Kier alpha value is -7.36. The summed E-state index contributed by atoms with van der Waals surface area (Å²) in [6.45, 7) is 0. The highest BCUT2D eigenvalue weighted by Gasteiger charge is 2.22. The van der Waals surface area contributed by atoms with Gasteiger partial charge < -0.3 is 13.9 Å². The van der Waals surface area contributed by atoms with Crippen molar-refractivity contribution in [2.24, 2.45) is 0 Å². The first-order chi connectivity index (χ1) is 27.3. The van der Waals surface area contributed by atoms with E-state index >= 15 is 0 Å². The van der Waals surface area contributed by atoms with E-state index < -0.39 is 0 Å². The second-order valence-corrected chi connectivity index (χ2v) is 14.1. The zero-order valence-corrected chi connectivity index (χ0v) is 29.9. The minimum atomic E-state index is 0.896. The summed E-state index contributed by atoms with van der Waals surface area (Å²) >= 11 is 0. The molecule has 3 nitrogen and oxygen atoms in total.